The minimum Gasteiger partial charge on any atom is -0.462 e. The molecule has 0 aromatic carbocycles. The molecular formula is C58H100O6. The van der Waals surface area contributed by atoms with Gasteiger partial charge in [0.15, 0.2) is 6.10 Å². The third-order valence-electron chi connectivity index (χ3n) is 11.4. The highest BCUT2D eigenvalue weighted by molar-refractivity contribution is 5.71. The van der Waals surface area contributed by atoms with Crippen molar-refractivity contribution in [2.75, 3.05) is 13.2 Å². The number of unbranched alkanes of at least 4 members (excludes halogenated alkanes) is 25. The molecule has 64 heavy (non-hydrogen) atoms. The van der Waals surface area contributed by atoms with Crippen molar-refractivity contribution < 1.29 is 28.6 Å². The zero-order chi connectivity index (χ0) is 46.5. The van der Waals surface area contributed by atoms with Crippen LogP contribution in [0.1, 0.15) is 258 Å². The quantitative estimate of drug-likeness (QED) is 0.0262. The normalized spacial score (nSPS) is 12.6. The maximum Gasteiger partial charge on any atom is 0.306 e. The topological polar surface area (TPSA) is 78.9 Å². The molecule has 0 amide bonds. The van der Waals surface area contributed by atoms with Gasteiger partial charge in [-0.1, -0.05) is 222 Å². The lowest BCUT2D eigenvalue weighted by Crippen LogP contribution is -2.30. The number of ether oxygens (including phenoxy) is 3. The van der Waals surface area contributed by atoms with Crippen molar-refractivity contribution in [3.05, 3.63) is 72.9 Å². The van der Waals surface area contributed by atoms with Gasteiger partial charge in [-0.15, -0.1) is 0 Å². The van der Waals surface area contributed by atoms with Gasteiger partial charge in [-0.2, -0.15) is 0 Å². The van der Waals surface area contributed by atoms with E-state index in [4.69, 9.17) is 14.2 Å². The molecule has 0 spiro atoms. The number of carbonyl (C=O) groups excluding carboxylic acids is 3. The van der Waals surface area contributed by atoms with Gasteiger partial charge in [-0.3, -0.25) is 14.4 Å². The van der Waals surface area contributed by atoms with Gasteiger partial charge in [0.05, 0.1) is 0 Å². The molecule has 0 radical (unpaired) electrons. The van der Waals surface area contributed by atoms with E-state index in [1.54, 1.807) is 0 Å². The fourth-order valence-electron chi connectivity index (χ4n) is 7.40. The first kappa shape index (κ1) is 60.9. The van der Waals surface area contributed by atoms with Crippen LogP contribution >= 0.6 is 0 Å². The average Bonchev–Trinajstić information content (AvgIpc) is 3.29. The van der Waals surface area contributed by atoms with Gasteiger partial charge in [-0.25, -0.2) is 0 Å². The standard InChI is InChI=1S/C58H100O6/c1-4-7-10-13-16-19-22-25-27-28-29-30-32-33-36-39-42-45-48-51-57(60)63-54-55(53-62-56(59)50-47-44-41-38-35-24-21-18-15-12-9-6-3)64-58(61)52-49-46-43-40-37-34-31-26-23-20-17-14-11-8-5-2/h8,11,16-17,19-20,25-27,31,37,40,55H,4-7,9-10,12-15,18,21-24,28-30,32-36,38-39,41-54H2,1-3H3/b11-8-,19-16-,20-17-,27-25-,31-26-,40-37-. The van der Waals surface area contributed by atoms with E-state index in [0.29, 0.717) is 19.3 Å². The zero-order valence-electron chi connectivity index (χ0n) is 42.0. The van der Waals surface area contributed by atoms with Crippen molar-refractivity contribution in [2.45, 2.75) is 264 Å². The summed E-state index contributed by atoms with van der Waals surface area (Å²) in [5.41, 5.74) is 0. The van der Waals surface area contributed by atoms with Gasteiger partial charge in [0.1, 0.15) is 13.2 Å². The van der Waals surface area contributed by atoms with Gasteiger partial charge in [-0.05, 0) is 89.9 Å². The maximum absolute atomic E-state index is 12.8. The molecule has 6 heteroatoms. The molecule has 0 saturated heterocycles. The Morgan fingerprint density at radius 2 is 0.609 bits per heavy atom. The molecule has 1 atom stereocenters. The van der Waals surface area contributed by atoms with Crippen molar-refractivity contribution in [2.24, 2.45) is 0 Å². The Labute approximate surface area is 395 Å². The summed E-state index contributed by atoms with van der Waals surface area (Å²) in [5, 5.41) is 0. The number of allylic oxidation sites excluding steroid dienone is 12. The second-order valence-corrected chi connectivity index (χ2v) is 17.8. The number of hydrogen-bond donors (Lipinski definition) is 0. The van der Waals surface area contributed by atoms with Crippen molar-refractivity contribution in [1.29, 1.82) is 0 Å². The van der Waals surface area contributed by atoms with Crippen LogP contribution in [0.3, 0.4) is 0 Å². The molecule has 0 rings (SSSR count). The van der Waals surface area contributed by atoms with Crippen molar-refractivity contribution in [3.63, 3.8) is 0 Å². The van der Waals surface area contributed by atoms with Gasteiger partial charge in [0, 0.05) is 19.3 Å². The highest BCUT2D eigenvalue weighted by Gasteiger charge is 2.19. The minimum absolute atomic E-state index is 0.0917. The van der Waals surface area contributed by atoms with Gasteiger partial charge in [0.2, 0.25) is 0 Å². The first-order valence-corrected chi connectivity index (χ1v) is 26.9. The van der Waals surface area contributed by atoms with E-state index in [9.17, 15) is 14.4 Å². The molecule has 0 N–H and O–H groups in total. The van der Waals surface area contributed by atoms with Crippen molar-refractivity contribution in [1.82, 2.24) is 0 Å². The number of hydrogen-bond acceptors (Lipinski definition) is 6. The first-order valence-electron chi connectivity index (χ1n) is 26.9. The summed E-state index contributed by atoms with van der Waals surface area (Å²) < 4.78 is 16.8. The zero-order valence-corrected chi connectivity index (χ0v) is 42.0. The predicted molar refractivity (Wildman–Crippen MR) is 274 cm³/mol. The lowest BCUT2D eigenvalue weighted by atomic mass is 10.0. The molecule has 0 aliphatic heterocycles. The fourth-order valence-corrected chi connectivity index (χ4v) is 7.40. The third-order valence-corrected chi connectivity index (χ3v) is 11.4. The Bertz CT molecular complexity index is 1210. The van der Waals surface area contributed by atoms with E-state index in [2.05, 4.69) is 93.7 Å². The molecule has 0 aromatic rings. The lowest BCUT2D eigenvalue weighted by Gasteiger charge is -2.18. The summed E-state index contributed by atoms with van der Waals surface area (Å²) >= 11 is 0. The Hall–Kier alpha value is -3.15. The second-order valence-electron chi connectivity index (χ2n) is 17.8. The largest absolute Gasteiger partial charge is 0.462 e. The number of carbonyl (C=O) groups is 3. The highest BCUT2D eigenvalue weighted by Crippen LogP contribution is 2.15. The van der Waals surface area contributed by atoms with Crippen molar-refractivity contribution >= 4 is 17.9 Å². The monoisotopic (exact) mass is 893 g/mol. The van der Waals surface area contributed by atoms with Crippen LogP contribution in [-0.4, -0.2) is 37.2 Å². The van der Waals surface area contributed by atoms with E-state index in [0.717, 1.165) is 83.5 Å². The molecule has 6 nitrogen and oxygen atoms in total. The molecule has 0 fully saturated rings. The molecule has 0 aliphatic carbocycles. The van der Waals surface area contributed by atoms with Crippen LogP contribution in [0.15, 0.2) is 72.9 Å². The Morgan fingerprint density at radius 1 is 0.328 bits per heavy atom. The molecule has 368 valence electrons. The Kier molecular flexibility index (Phi) is 49.9. The number of rotatable bonds is 48. The summed E-state index contributed by atoms with van der Waals surface area (Å²) in [6.45, 7) is 6.47. The molecule has 0 aliphatic rings. The molecule has 0 bridgehead atoms. The predicted octanol–water partition coefficient (Wildman–Crippen LogP) is 17.8. The SMILES string of the molecule is CC/C=C\C/C=C\C/C=C\C/C=C\CCCCC(=O)OC(COC(=O)CCCCCCCCCCC/C=C\C/C=C\CCCCC)COC(=O)CCCCCCCCCCCCCC. The summed E-state index contributed by atoms with van der Waals surface area (Å²) in [6.07, 6.45) is 66.0. The molecule has 1 unspecified atom stereocenters. The molecule has 0 saturated carbocycles. The summed E-state index contributed by atoms with van der Waals surface area (Å²) in [6, 6.07) is 0. The minimum atomic E-state index is -0.796. The summed E-state index contributed by atoms with van der Waals surface area (Å²) in [7, 11) is 0. The number of esters is 3. The summed E-state index contributed by atoms with van der Waals surface area (Å²) in [4.78, 5) is 38.0. The van der Waals surface area contributed by atoms with Crippen molar-refractivity contribution in [3.8, 4) is 0 Å². The molecule has 0 aromatic heterocycles. The second kappa shape index (κ2) is 52.5. The first-order chi connectivity index (χ1) is 31.5. The average molecular weight is 893 g/mol. The summed E-state index contributed by atoms with van der Waals surface area (Å²) in [5.74, 6) is -0.933. The Morgan fingerprint density at radius 3 is 1.02 bits per heavy atom. The van der Waals surface area contributed by atoms with Crippen LogP contribution in [0.25, 0.3) is 0 Å². The van der Waals surface area contributed by atoms with E-state index in [-0.39, 0.29) is 37.5 Å². The Balaban J connectivity index is 4.40. The lowest BCUT2D eigenvalue weighted by molar-refractivity contribution is -0.167. The fraction of sp³-hybridized carbons (Fsp3) is 0.741. The van der Waals surface area contributed by atoms with Crippen LogP contribution in [0, 0.1) is 0 Å². The van der Waals surface area contributed by atoms with E-state index < -0.39 is 6.10 Å². The molecule has 0 heterocycles. The molecular weight excluding hydrogens is 793 g/mol. The van der Waals surface area contributed by atoms with E-state index in [1.807, 2.05) is 0 Å². The van der Waals surface area contributed by atoms with Crippen LogP contribution < -0.4 is 0 Å². The van der Waals surface area contributed by atoms with Gasteiger partial charge < -0.3 is 14.2 Å². The third kappa shape index (κ3) is 49.9. The highest BCUT2D eigenvalue weighted by atomic mass is 16.6. The van der Waals surface area contributed by atoms with Crippen LogP contribution in [0.5, 0.6) is 0 Å². The maximum atomic E-state index is 12.8. The van der Waals surface area contributed by atoms with Gasteiger partial charge >= 0.3 is 17.9 Å². The van der Waals surface area contributed by atoms with Crippen LogP contribution in [-0.2, 0) is 28.6 Å². The van der Waals surface area contributed by atoms with E-state index in [1.165, 1.54) is 128 Å². The smallest absolute Gasteiger partial charge is 0.306 e. The van der Waals surface area contributed by atoms with Gasteiger partial charge in [0.25, 0.3) is 0 Å². The van der Waals surface area contributed by atoms with Crippen LogP contribution in [0.4, 0.5) is 0 Å². The van der Waals surface area contributed by atoms with E-state index >= 15 is 0 Å². The van der Waals surface area contributed by atoms with Crippen LogP contribution in [0.2, 0.25) is 0 Å².